The van der Waals surface area contributed by atoms with Gasteiger partial charge in [0.05, 0.1) is 0 Å². The van der Waals surface area contributed by atoms with Crippen molar-refractivity contribution in [1.82, 2.24) is 10.2 Å². The molecule has 0 saturated heterocycles. The second-order valence-electron chi connectivity index (χ2n) is 6.42. The van der Waals surface area contributed by atoms with E-state index in [2.05, 4.69) is 17.3 Å². The van der Waals surface area contributed by atoms with Crippen LogP contribution in [-0.4, -0.2) is 37.1 Å². The van der Waals surface area contributed by atoms with Gasteiger partial charge in [0.15, 0.2) is 0 Å². The van der Waals surface area contributed by atoms with Gasteiger partial charge in [0.2, 0.25) is 0 Å². The van der Waals surface area contributed by atoms with Gasteiger partial charge in [0, 0.05) is 12.1 Å². The zero-order valence-electron chi connectivity index (χ0n) is 12.3. The van der Waals surface area contributed by atoms with Crippen molar-refractivity contribution in [3.8, 4) is 0 Å². The van der Waals surface area contributed by atoms with Gasteiger partial charge in [-0.1, -0.05) is 32.1 Å². The predicted octanol–water partition coefficient (Wildman–Crippen LogP) is 3.56. The standard InChI is InChI=1S/C16H32N2/c1-18(16-9-5-2-3-6-10-16)14-8-4-7-13-17-15-11-12-15/h15-17H,2-14H2,1H3. The highest BCUT2D eigenvalue weighted by Crippen LogP contribution is 2.21. The average molecular weight is 252 g/mol. The van der Waals surface area contributed by atoms with Crippen LogP contribution in [0.5, 0.6) is 0 Å². The molecule has 1 N–H and O–H groups in total. The maximum Gasteiger partial charge on any atom is 0.00922 e. The Morgan fingerprint density at radius 2 is 1.61 bits per heavy atom. The molecule has 0 aliphatic heterocycles. The van der Waals surface area contributed by atoms with Crippen LogP contribution in [0.2, 0.25) is 0 Å². The van der Waals surface area contributed by atoms with Gasteiger partial charge in [-0.15, -0.1) is 0 Å². The van der Waals surface area contributed by atoms with Gasteiger partial charge in [-0.2, -0.15) is 0 Å². The van der Waals surface area contributed by atoms with E-state index in [1.807, 2.05) is 0 Å². The predicted molar refractivity (Wildman–Crippen MR) is 79.0 cm³/mol. The number of nitrogens with one attached hydrogen (secondary N) is 1. The average Bonchev–Trinajstić information content (AvgIpc) is 3.19. The summed E-state index contributed by atoms with van der Waals surface area (Å²) >= 11 is 0. The Morgan fingerprint density at radius 1 is 0.889 bits per heavy atom. The molecule has 2 heteroatoms. The molecule has 2 nitrogen and oxygen atoms in total. The summed E-state index contributed by atoms with van der Waals surface area (Å²) in [6.07, 6.45) is 15.7. The summed E-state index contributed by atoms with van der Waals surface area (Å²) in [5.41, 5.74) is 0. The largest absolute Gasteiger partial charge is 0.314 e. The van der Waals surface area contributed by atoms with Gasteiger partial charge >= 0.3 is 0 Å². The summed E-state index contributed by atoms with van der Waals surface area (Å²) in [4.78, 5) is 2.64. The summed E-state index contributed by atoms with van der Waals surface area (Å²) in [6.45, 7) is 2.56. The molecule has 0 bridgehead atoms. The van der Waals surface area contributed by atoms with E-state index in [1.54, 1.807) is 0 Å². The van der Waals surface area contributed by atoms with Gasteiger partial charge in [-0.05, 0) is 58.7 Å². The van der Waals surface area contributed by atoms with Crippen LogP contribution >= 0.6 is 0 Å². The van der Waals surface area contributed by atoms with Crippen LogP contribution in [0.3, 0.4) is 0 Å². The van der Waals surface area contributed by atoms with E-state index >= 15 is 0 Å². The van der Waals surface area contributed by atoms with Gasteiger partial charge in [0.25, 0.3) is 0 Å². The quantitative estimate of drug-likeness (QED) is 0.525. The smallest absolute Gasteiger partial charge is 0.00922 e. The molecule has 0 unspecified atom stereocenters. The van der Waals surface area contributed by atoms with Crippen molar-refractivity contribution in [1.29, 1.82) is 0 Å². The molecular formula is C16H32N2. The molecule has 2 aliphatic rings. The van der Waals surface area contributed by atoms with E-state index in [1.165, 1.54) is 83.7 Å². The lowest BCUT2D eigenvalue weighted by atomic mass is 10.1. The molecule has 0 aromatic carbocycles. The van der Waals surface area contributed by atoms with Crippen molar-refractivity contribution < 1.29 is 0 Å². The Bertz CT molecular complexity index is 205. The Kier molecular flexibility index (Phi) is 6.50. The van der Waals surface area contributed by atoms with Gasteiger partial charge in [-0.25, -0.2) is 0 Å². The van der Waals surface area contributed by atoms with Gasteiger partial charge in [-0.3, -0.25) is 0 Å². The number of rotatable bonds is 8. The zero-order chi connectivity index (χ0) is 12.6. The summed E-state index contributed by atoms with van der Waals surface area (Å²) in [5.74, 6) is 0. The zero-order valence-corrected chi connectivity index (χ0v) is 12.3. The first-order chi connectivity index (χ1) is 8.86. The van der Waals surface area contributed by atoms with Crippen molar-refractivity contribution in [3.63, 3.8) is 0 Å². The highest BCUT2D eigenvalue weighted by Gasteiger charge is 2.19. The molecule has 0 aromatic heterocycles. The van der Waals surface area contributed by atoms with E-state index in [0.29, 0.717) is 0 Å². The van der Waals surface area contributed by atoms with Crippen LogP contribution < -0.4 is 5.32 Å². The van der Waals surface area contributed by atoms with Crippen LogP contribution in [0, 0.1) is 0 Å². The number of hydrogen-bond acceptors (Lipinski definition) is 2. The molecule has 0 heterocycles. The van der Waals surface area contributed by atoms with E-state index in [-0.39, 0.29) is 0 Å². The van der Waals surface area contributed by atoms with Gasteiger partial charge < -0.3 is 10.2 Å². The van der Waals surface area contributed by atoms with E-state index in [0.717, 1.165) is 12.1 Å². The van der Waals surface area contributed by atoms with Crippen LogP contribution in [0.15, 0.2) is 0 Å². The second kappa shape index (κ2) is 8.16. The van der Waals surface area contributed by atoms with Gasteiger partial charge in [0.1, 0.15) is 0 Å². The molecule has 2 rings (SSSR count). The van der Waals surface area contributed by atoms with Crippen molar-refractivity contribution in [2.45, 2.75) is 82.7 Å². The molecule has 0 atom stereocenters. The molecule has 2 fully saturated rings. The number of hydrogen-bond donors (Lipinski definition) is 1. The minimum atomic E-state index is 0.886. The molecule has 18 heavy (non-hydrogen) atoms. The van der Waals surface area contributed by atoms with Crippen LogP contribution in [0.25, 0.3) is 0 Å². The Morgan fingerprint density at radius 3 is 2.28 bits per heavy atom. The highest BCUT2D eigenvalue weighted by atomic mass is 15.1. The van der Waals surface area contributed by atoms with E-state index in [4.69, 9.17) is 0 Å². The van der Waals surface area contributed by atoms with E-state index < -0.39 is 0 Å². The molecular weight excluding hydrogens is 220 g/mol. The second-order valence-corrected chi connectivity index (χ2v) is 6.42. The molecule has 0 amide bonds. The number of unbranched alkanes of at least 4 members (excludes halogenated alkanes) is 2. The summed E-state index contributed by atoms with van der Waals surface area (Å²) in [6, 6.07) is 1.77. The lowest BCUT2D eigenvalue weighted by Crippen LogP contribution is -2.32. The monoisotopic (exact) mass is 252 g/mol. The number of nitrogens with zero attached hydrogens (tertiary/aromatic N) is 1. The fourth-order valence-electron chi connectivity index (χ4n) is 3.14. The third kappa shape index (κ3) is 5.71. The first-order valence-corrected chi connectivity index (χ1v) is 8.30. The van der Waals surface area contributed by atoms with Crippen molar-refractivity contribution >= 4 is 0 Å². The van der Waals surface area contributed by atoms with Crippen LogP contribution in [-0.2, 0) is 0 Å². The summed E-state index contributed by atoms with van der Waals surface area (Å²) < 4.78 is 0. The maximum atomic E-state index is 3.60. The Hall–Kier alpha value is -0.0800. The fraction of sp³-hybridized carbons (Fsp3) is 1.00. The Balaban J connectivity index is 1.46. The van der Waals surface area contributed by atoms with Crippen molar-refractivity contribution in [3.05, 3.63) is 0 Å². The SMILES string of the molecule is CN(CCCCCNC1CC1)C1CCCCCC1. The summed E-state index contributed by atoms with van der Waals surface area (Å²) in [7, 11) is 2.35. The minimum Gasteiger partial charge on any atom is -0.314 e. The molecule has 2 aliphatic carbocycles. The minimum absolute atomic E-state index is 0.886. The third-order valence-corrected chi connectivity index (χ3v) is 4.65. The third-order valence-electron chi connectivity index (χ3n) is 4.65. The molecule has 0 spiro atoms. The van der Waals surface area contributed by atoms with E-state index in [9.17, 15) is 0 Å². The van der Waals surface area contributed by atoms with Crippen molar-refractivity contribution in [2.75, 3.05) is 20.1 Å². The molecule has 2 saturated carbocycles. The van der Waals surface area contributed by atoms with Crippen LogP contribution in [0.4, 0.5) is 0 Å². The van der Waals surface area contributed by atoms with Crippen LogP contribution in [0.1, 0.15) is 70.6 Å². The normalized spacial score (nSPS) is 22.3. The lowest BCUT2D eigenvalue weighted by Gasteiger charge is -2.27. The summed E-state index contributed by atoms with van der Waals surface area (Å²) in [5, 5.41) is 3.60. The Labute approximate surface area is 114 Å². The molecule has 0 radical (unpaired) electrons. The first kappa shape index (κ1) is 14.3. The first-order valence-electron chi connectivity index (χ1n) is 8.30. The highest BCUT2D eigenvalue weighted by molar-refractivity contribution is 4.80. The van der Waals surface area contributed by atoms with Crippen molar-refractivity contribution in [2.24, 2.45) is 0 Å². The fourth-order valence-corrected chi connectivity index (χ4v) is 3.14. The topological polar surface area (TPSA) is 15.3 Å². The molecule has 0 aromatic rings. The lowest BCUT2D eigenvalue weighted by molar-refractivity contribution is 0.216. The maximum absolute atomic E-state index is 3.60. The molecule has 106 valence electrons.